The Morgan fingerprint density at radius 1 is 1.14 bits per heavy atom. The van der Waals surface area contributed by atoms with Gasteiger partial charge in [-0.1, -0.05) is 48.8 Å². The summed E-state index contributed by atoms with van der Waals surface area (Å²) in [5.74, 6) is 0. The molecule has 0 spiro atoms. The van der Waals surface area contributed by atoms with E-state index in [0.29, 0.717) is 0 Å². The van der Waals surface area contributed by atoms with Gasteiger partial charge in [-0.05, 0) is 48.5 Å². The summed E-state index contributed by atoms with van der Waals surface area (Å²) in [6.45, 7) is 12.3. The number of aryl methyl sites for hydroxylation is 1. The SMILES string of the molecule is CC(C)(C)[Si](C)(C)OCCCc1nccc2c(Br)cccc12. The summed E-state index contributed by atoms with van der Waals surface area (Å²) in [6.07, 6.45) is 3.88. The highest BCUT2D eigenvalue weighted by Gasteiger charge is 2.36. The maximum Gasteiger partial charge on any atom is 0.191 e. The molecule has 1 aromatic heterocycles. The minimum absolute atomic E-state index is 0.273. The molecule has 0 saturated heterocycles. The van der Waals surface area contributed by atoms with E-state index in [1.807, 2.05) is 6.20 Å². The van der Waals surface area contributed by atoms with E-state index in [1.165, 1.54) is 10.8 Å². The van der Waals surface area contributed by atoms with Crippen molar-refractivity contribution in [2.24, 2.45) is 0 Å². The van der Waals surface area contributed by atoms with Crippen molar-refractivity contribution in [3.05, 3.63) is 40.6 Å². The Balaban J connectivity index is 2.00. The van der Waals surface area contributed by atoms with Crippen LogP contribution in [-0.2, 0) is 10.8 Å². The van der Waals surface area contributed by atoms with Gasteiger partial charge in [0, 0.05) is 28.4 Å². The fourth-order valence-corrected chi connectivity index (χ4v) is 3.80. The predicted octanol–water partition coefficient (Wildman–Crippen LogP) is 5.95. The van der Waals surface area contributed by atoms with Crippen LogP contribution in [0.1, 0.15) is 32.9 Å². The molecule has 0 aliphatic carbocycles. The fourth-order valence-electron chi connectivity index (χ4n) is 2.21. The molecule has 0 N–H and O–H groups in total. The van der Waals surface area contributed by atoms with E-state index < -0.39 is 8.32 Å². The van der Waals surface area contributed by atoms with Crippen LogP contribution >= 0.6 is 15.9 Å². The van der Waals surface area contributed by atoms with Crippen molar-refractivity contribution in [1.82, 2.24) is 4.98 Å². The van der Waals surface area contributed by atoms with Gasteiger partial charge >= 0.3 is 0 Å². The number of benzene rings is 1. The van der Waals surface area contributed by atoms with Gasteiger partial charge in [0.05, 0.1) is 0 Å². The average Bonchev–Trinajstić information content (AvgIpc) is 2.43. The van der Waals surface area contributed by atoms with Gasteiger partial charge in [-0.15, -0.1) is 0 Å². The standard InChI is InChI=1S/C18H26BrNOSi/c1-18(2,3)22(4,5)21-13-7-10-17-15-8-6-9-16(19)14(15)11-12-20-17/h6,8-9,11-12H,7,10,13H2,1-5H3. The minimum atomic E-state index is -1.63. The van der Waals surface area contributed by atoms with Crippen LogP contribution in [0.15, 0.2) is 34.9 Å². The smallest absolute Gasteiger partial charge is 0.191 e. The predicted molar refractivity (Wildman–Crippen MR) is 101 cm³/mol. The van der Waals surface area contributed by atoms with Crippen molar-refractivity contribution in [2.45, 2.75) is 51.7 Å². The first-order valence-electron chi connectivity index (χ1n) is 7.88. The Kier molecular flexibility index (Phi) is 5.46. The molecule has 0 amide bonds. The molecule has 2 aromatic rings. The van der Waals surface area contributed by atoms with Crippen molar-refractivity contribution >= 4 is 35.0 Å². The molecular formula is C18H26BrNOSi. The number of rotatable bonds is 5. The zero-order valence-electron chi connectivity index (χ0n) is 14.2. The molecule has 1 aromatic carbocycles. The third-order valence-corrected chi connectivity index (χ3v) is 9.89. The minimum Gasteiger partial charge on any atom is -0.417 e. The van der Waals surface area contributed by atoms with Crippen molar-refractivity contribution in [2.75, 3.05) is 6.61 Å². The van der Waals surface area contributed by atoms with Crippen LogP contribution in [0, 0.1) is 0 Å². The van der Waals surface area contributed by atoms with Gasteiger partial charge in [-0.3, -0.25) is 4.98 Å². The molecule has 2 rings (SSSR count). The van der Waals surface area contributed by atoms with Gasteiger partial charge in [0.2, 0.25) is 0 Å². The summed E-state index contributed by atoms with van der Waals surface area (Å²) < 4.78 is 7.38. The molecule has 0 fully saturated rings. The first kappa shape index (κ1) is 17.6. The van der Waals surface area contributed by atoms with Crippen LogP contribution in [0.4, 0.5) is 0 Å². The van der Waals surface area contributed by atoms with Crippen LogP contribution in [0.3, 0.4) is 0 Å². The number of hydrogen-bond acceptors (Lipinski definition) is 2. The Morgan fingerprint density at radius 2 is 1.86 bits per heavy atom. The highest BCUT2D eigenvalue weighted by atomic mass is 79.9. The lowest BCUT2D eigenvalue weighted by Gasteiger charge is -2.36. The second-order valence-corrected chi connectivity index (χ2v) is 13.0. The van der Waals surface area contributed by atoms with Gasteiger partial charge in [0.15, 0.2) is 8.32 Å². The number of nitrogens with zero attached hydrogens (tertiary/aromatic N) is 1. The highest BCUT2D eigenvalue weighted by Crippen LogP contribution is 2.36. The van der Waals surface area contributed by atoms with Crippen LogP contribution in [0.5, 0.6) is 0 Å². The molecule has 0 unspecified atom stereocenters. The Hall–Kier alpha value is -0.713. The zero-order valence-corrected chi connectivity index (χ0v) is 16.8. The van der Waals surface area contributed by atoms with Gasteiger partial charge in [0.1, 0.15) is 0 Å². The van der Waals surface area contributed by atoms with E-state index in [1.54, 1.807) is 0 Å². The molecule has 0 aliphatic rings. The molecule has 4 heteroatoms. The van der Waals surface area contributed by atoms with Crippen molar-refractivity contribution in [3.63, 3.8) is 0 Å². The third kappa shape index (κ3) is 3.97. The molecule has 0 radical (unpaired) electrons. The van der Waals surface area contributed by atoms with E-state index in [2.05, 4.69) is 79.0 Å². The number of hydrogen-bond donors (Lipinski definition) is 0. The maximum absolute atomic E-state index is 6.25. The Labute approximate surface area is 143 Å². The number of pyridine rings is 1. The zero-order chi connectivity index (χ0) is 16.4. The van der Waals surface area contributed by atoms with E-state index in [9.17, 15) is 0 Å². The molecule has 22 heavy (non-hydrogen) atoms. The van der Waals surface area contributed by atoms with E-state index >= 15 is 0 Å². The van der Waals surface area contributed by atoms with Crippen LogP contribution in [0.2, 0.25) is 18.1 Å². The van der Waals surface area contributed by atoms with Gasteiger partial charge < -0.3 is 4.43 Å². The third-order valence-electron chi connectivity index (χ3n) is 4.66. The number of aromatic nitrogens is 1. The summed E-state index contributed by atoms with van der Waals surface area (Å²) >= 11 is 3.61. The topological polar surface area (TPSA) is 22.1 Å². The lowest BCUT2D eigenvalue weighted by molar-refractivity contribution is 0.282. The van der Waals surface area contributed by atoms with Gasteiger partial charge in [0.25, 0.3) is 0 Å². The largest absolute Gasteiger partial charge is 0.417 e. The first-order valence-corrected chi connectivity index (χ1v) is 11.6. The first-order chi connectivity index (χ1) is 10.2. The molecule has 0 atom stereocenters. The second kappa shape index (κ2) is 6.81. The molecule has 1 heterocycles. The van der Waals surface area contributed by atoms with Gasteiger partial charge in [-0.25, -0.2) is 0 Å². The Morgan fingerprint density at radius 3 is 2.55 bits per heavy atom. The van der Waals surface area contributed by atoms with Crippen molar-refractivity contribution in [1.29, 1.82) is 0 Å². The monoisotopic (exact) mass is 379 g/mol. The molecule has 2 nitrogen and oxygen atoms in total. The van der Waals surface area contributed by atoms with Crippen LogP contribution < -0.4 is 0 Å². The lowest BCUT2D eigenvalue weighted by Crippen LogP contribution is -2.41. The number of halogens is 1. The van der Waals surface area contributed by atoms with E-state index in [4.69, 9.17) is 4.43 Å². The number of fused-ring (bicyclic) bond motifs is 1. The molecule has 0 bridgehead atoms. The maximum atomic E-state index is 6.25. The van der Waals surface area contributed by atoms with E-state index in [-0.39, 0.29) is 5.04 Å². The molecule has 0 aliphatic heterocycles. The van der Waals surface area contributed by atoms with Crippen LogP contribution in [-0.4, -0.2) is 19.9 Å². The molecule has 0 saturated carbocycles. The second-order valence-electron chi connectivity index (χ2n) is 7.30. The van der Waals surface area contributed by atoms with Crippen molar-refractivity contribution in [3.8, 4) is 0 Å². The normalized spacial score (nSPS) is 12.8. The van der Waals surface area contributed by atoms with Gasteiger partial charge in [-0.2, -0.15) is 0 Å². The summed E-state index contributed by atoms with van der Waals surface area (Å²) in [6, 6.07) is 8.36. The quantitative estimate of drug-likeness (QED) is 0.472. The average molecular weight is 380 g/mol. The summed E-state index contributed by atoms with van der Waals surface area (Å²) in [5.41, 5.74) is 1.16. The van der Waals surface area contributed by atoms with E-state index in [0.717, 1.165) is 29.6 Å². The molecular weight excluding hydrogens is 354 g/mol. The summed E-state index contributed by atoms with van der Waals surface area (Å²) in [4.78, 5) is 4.57. The Bertz CT molecular complexity index is 649. The highest BCUT2D eigenvalue weighted by molar-refractivity contribution is 9.10. The van der Waals surface area contributed by atoms with Crippen LogP contribution in [0.25, 0.3) is 10.8 Å². The lowest BCUT2D eigenvalue weighted by atomic mass is 10.1. The molecule has 120 valence electrons. The summed E-state index contributed by atoms with van der Waals surface area (Å²) in [7, 11) is -1.63. The fraction of sp³-hybridized carbons (Fsp3) is 0.500. The van der Waals surface area contributed by atoms with Crippen molar-refractivity contribution < 1.29 is 4.43 Å². The summed E-state index contributed by atoms with van der Waals surface area (Å²) in [5, 5.41) is 2.75.